The Balaban J connectivity index is 0.00000288. The number of hydrogen-bond acceptors (Lipinski definition) is 3. The van der Waals surface area contributed by atoms with Crippen molar-refractivity contribution in [3.63, 3.8) is 0 Å². The summed E-state index contributed by atoms with van der Waals surface area (Å²) in [6.45, 7) is 8.00. The van der Waals surface area contributed by atoms with Gasteiger partial charge in [-0.15, -0.1) is 12.4 Å². The normalized spacial score (nSPS) is 17.5. The number of benzene rings is 1. The third kappa shape index (κ3) is 6.13. The molecule has 0 spiro atoms. The van der Waals surface area contributed by atoms with E-state index in [1.165, 1.54) is 0 Å². The van der Waals surface area contributed by atoms with Gasteiger partial charge >= 0.3 is 0 Å². The molecule has 0 aliphatic carbocycles. The van der Waals surface area contributed by atoms with Gasteiger partial charge in [-0.2, -0.15) is 0 Å². The molecule has 2 rings (SSSR count). The lowest BCUT2D eigenvalue weighted by atomic mass is 9.95. The minimum Gasteiger partial charge on any atom is -0.352 e. The summed E-state index contributed by atoms with van der Waals surface area (Å²) in [6.07, 6.45) is 2.12. The first-order valence-electron chi connectivity index (χ1n) is 8.25. The Labute approximate surface area is 150 Å². The largest absolute Gasteiger partial charge is 0.352 e. The zero-order valence-electron chi connectivity index (χ0n) is 14.6. The Hall–Kier alpha value is -1.59. The lowest BCUT2D eigenvalue weighted by molar-refractivity contribution is -0.128. The van der Waals surface area contributed by atoms with Gasteiger partial charge in [0.2, 0.25) is 5.91 Å². The molecular formula is C18H28ClN3O2. The molecule has 1 aliphatic rings. The lowest BCUT2D eigenvalue weighted by Crippen LogP contribution is -2.45. The molecule has 24 heavy (non-hydrogen) atoms. The van der Waals surface area contributed by atoms with Gasteiger partial charge in [-0.3, -0.25) is 9.59 Å². The molecule has 0 unspecified atom stereocenters. The van der Waals surface area contributed by atoms with Crippen LogP contribution in [0.25, 0.3) is 0 Å². The number of hydrogen-bond donors (Lipinski definition) is 3. The predicted octanol–water partition coefficient (Wildman–Crippen LogP) is 2.25. The van der Waals surface area contributed by atoms with Gasteiger partial charge in [-0.05, 0) is 37.1 Å². The summed E-state index contributed by atoms with van der Waals surface area (Å²) in [4.78, 5) is 24.1. The molecule has 2 amide bonds. The van der Waals surface area contributed by atoms with Crippen LogP contribution < -0.4 is 16.0 Å². The molecule has 0 saturated carbocycles. The van der Waals surface area contributed by atoms with E-state index in [2.05, 4.69) is 16.0 Å². The molecule has 6 heteroatoms. The molecular weight excluding hydrogens is 326 g/mol. The molecule has 0 radical (unpaired) electrons. The fourth-order valence-corrected chi connectivity index (χ4v) is 2.47. The van der Waals surface area contributed by atoms with Crippen LogP contribution in [0.4, 0.5) is 0 Å². The van der Waals surface area contributed by atoms with Gasteiger partial charge in [0.05, 0.1) is 0 Å². The summed E-state index contributed by atoms with van der Waals surface area (Å²) < 4.78 is 0. The number of carbonyl (C=O) groups is 2. The highest BCUT2D eigenvalue weighted by Crippen LogP contribution is 2.13. The van der Waals surface area contributed by atoms with Gasteiger partial charge in [0.1, 0.15) is 0 Å². The summed E-state index contributed by atoms with van der Waals surface area (Å²) in [5.74, 6) is -0.0203. The first-order chi connectivity index (χ1) is 10.9. The maximum atomic E-state index is 12.2. The first kappa shape index (κ1) is 20.5. The van der Waals surface area contributed by atoms with E-state index in [9.17, 15) is 9.59 Å². The Kier molecular flexibility index (Phi) is 7.70. The average Bonchev–Trinajstić information content (AvgIpc) is 2.53. The van der Waals surface area contributed by atoms with Crippen LogP contribution in [0.15, 0.2) is 24.3 Å². The molecule has 1 saturated heterocycles. The van der Waals surface area contributed by atoms with Crippen molar-refractivity contribution >= 4 is 24.2 Å². The monoisotopic (exact) mass is 353 g/mol. The van der Waals surface area contributed by atoms with Crippen LogP contribution in [0.2, 0.25) is 0 Å². The number of amides is 2. The third-order valence-electron chi connectivity index (χ3n) is 3.98. The first-order valence-corrected chi connectivity index (χ1v) is 8.25. The van der Waals surface area contributed by atoms with E-state index in [0.717, 1.165) is 31.5 Å². The van der Waals surface area contributed by atoms with Crippen LogP contribution >= 0.6 is 12.4 Å². The second-order valence-corrected chi connectivity index (χ2v) is 7.15. The van der Waals surface area contributed by atoms with Crippen molar-refractivity contribution in [1.82, 2.24) is 16.0 Å². The van der Waals surface area contributed by atoms with Gasteiger partial charge in [0.25, 0.3) is 5.91 Å². The van der Waals surface area contributed by atoms with Crippen LogP contribution in [0.5, 0.6) is 0 Å². The highest BCUT2D eigenvalue weighted by Gasteiger charge is 2.20. The standard InChI is InChI=1S/C18H27N3O2.ClH/c1-18(2,3)17(23)20-11-13-6-8-14(9-7-13)16(22)21-15-5-4-10-19-12-15;/h6-9,15,19H,4-5,10-12H2,1-3H3,(H,20,23)(H,21,22);1H/t15-;/m0./s1. The molecule has 134 valence electrons. The van der Waals surface area contributed by atoms with Crippen molar-refractivity contribution in [2.45, 2.75) is 46.2 Å². The van der Waals surface area contributed by atoms with Crippen molar-refractivity contribution in [2.24, 2.45) is 5.41 Å². The van der Waals surface area contributed by atoms with Crippen LogP contribution in [0, 0.1) is 5.41 Å². The Morgan fingerprint density at radius 3 is 2.42 bits per heavy atom. The second kappa shape index (κ2) is 9.04. The van der Waals surface area contributed by atoms with Gasteiger partial charge < -0.3 is 16.0 Å². The van der Waals surface area contributed by atoms with Gasteiger partial charge in [-0.25, -0.2) is 0 Å². The highest BCUT2D eigenvalue weighted by molar-refractivity contribution is 5.94. The zero-order valence-corrected chi connectivity index (χ0v) is 15.5. The predicted molar refractivity (Wildman–Crippen MR) is 98.3 cm³/mol. The zero-order chi connectivity index (χ0) is 16.9. The van der Waals surface area contributed by atoms with Crippen molar-refractivity contribution in [2.75, 3.05) is 13.1 Å². The fourth-order valence-electron chi connectivity index (χ4n) is 2.47. The summed E-state index contributed by atoms with van der Waals surface area (Å²) in [6, 6.07) is 7.60. The van der Waals surface area contributed by atoms with E-state index in [4.69, 9.17) is 0 Å². The summed E-state index contributed by atoms with van der Waals surface area (Å²) in [7, 11) is 0. The SMILES string of the molecule is CC(C)(C)C(=O)NCc1ccc(C(=O)N[C@H]2CCCNC2)cc1.Cl. The summed E-state index contributed by atoms with van der Waals surface area (Å²) in [5, 5.41) is 9.24. The topological polar surface area (TPSA) is 70.2 Å². The molecule has 1 fully saturated rings. The smallest absolute Gasteiger partial charge is 0.251 e. The Morgan fingerprint density at radius 1 is 1.21 bits per heavy atom. The van der Waals surface area contributed by atoms with E-state index in [0.29, 0.717) is 12.1 Å². The molecule has 0 aromatic heterocycles. The molecule has 1 aliphatic heterocycles. The van der Waals surface area contributed by atoms with E-state index in [-0.39, 0.29) is 30.3 Å². The number of nitrogens with one attached hydrogen (secondary N) is 3. The van der Waals surface area contributed by atoms with E-state index < -0.39 is 5.41 Å². The van der Waals surface area contributed by atoms with E-state index in [1.54, 1.807) is 0 Å². The number of piperidine rings is 1. The van der Waals surface area contributed by atoms with E-state index in [1.807, 2.05) is 45.0 Å². The maximum Gasteiger partial charge on any atom is 0.251 e. The number of rotatable bonds is 4. The van der Waals surface area contributed by atoms with Crippen LogP contribution in [-0.2, 0) is 11.3 Å². The molecule has 3 N–H and O–H groups in total. The minimum atomic E-state index is -0.395. The number of halogens is 1. The number of carbonyl (C=O) groups excluding carboxylic acids is 2. The Bertz CT molecular complexity index is 546. The lowest BCUT2D eigenvalue weighted by Gasteiger charge is -2.23. The van der Waals surface area contributed by atoms with Crippen LogP contribution in [-0.4, -0.2) is 30.9 Å². The Morgan fingerprint density at radius 2 is 1.88 bits per heavy atom. The highest BCUT2D eigenvalue weighted by atomic mass is 35.5. The molecule has 0 bridgehead atoms. The van der Waals surface area contributed by atoms with Crippen molar-refractivity contribution in [1.29, 1.82) is 0 Å². The van der Waals surface area contributed by atoms with Crippen LogP contribution in [0.3, 0.4) is 0 Å². The molecule has 5 nitrogen and oxygen atoms in total. The summed E-state index contributed by atoms with van der Waals surface area (Å²) >= 11 is 0. The molecule has 1 heterocycles. The minimum absolute atomic E-state index is 0. The maximum absolute atomic E-state index is 12.2. The molecule has 1 aromatic rings. The third-order valence-corrected chi connectivity index (χ3v) is 3.98. The van der Waals surface area contributed by atoms with Crippen molar-refractivity contribution in [3.8, 4) is 0 Å². The summed E-state index contributed by atoms with van der Waals surface area (Å²) in [5.41, 5.74) is 1.24. The van der Waals surface area contributed by atoms with Crippen molar-refractivity contribution < 1.29 is 9.59 Å². The fraction of sp³-hybridized carbons (Fsp3) is 0.556. The van der Waals surface area contributed by atoms with Crippen LogP contribution in [0.1, 0.15) is 49.5 Å². The van der Waals surface area contributed by atoms with Gasteiger partial charge in [0, 0.05) is 30.1 Å². The van der Waals surface area contributed by atoms with Gasteiger partial charge in [0.15, 0.2) is 0 Å². The van der Waals surface area contributed by atoms with Crippen molar-refractivity contribution in [3.05, 3.63) is 35.4 Å². The van der Waals surface area contributed by atoms with Gasteiger partial charge in [-0.1, -0.05) is 32.9 Å². The second-order valence-electron chi connectivity index (χ2n) is 7.15. The quantitative estimate of drug-likeness (QED) is 0.777. The average molecular weight is 354 g/mol. The molecule has 1 aromatic carbocycles. The molecule has 1 atom stereocenters. The van der Waals surface area contributed by atoms with E-state index >= 15 is 0 Å².